The van der Waals surface area contributed by atoms with Gasteiger partial charge in [-0.25, -0.2) is 9.97 Å². The predicted molar refractivity (Wildman–Crippen MR) is 107 cm³/mol. The summed E-state index contributed by atoms with van der Waals surface area (Å²) < 4.78 is 10.5. The highest BCUT2D eigenvalue weighted by Crippen LogP contribution is 2.30. The number of benzene rings is 2. The number of hydrogen-bond acceptors (Lipinski definition) is 6. The molecule has 2 aromatic carbocycles. The Hall–Kier alpha value is -3.61. The van der Waals surface area contributed by atoms with E-state index in [-0.39, 0.29) is 11.6 Å². The third-order valence-corrected chi connectivity index (χ3v) is 4.26. The van der Waals surface area contributed by atoms with Gasteiger partial charge in [-0.3, -0.25) is 4.79 Å². The van der Waals surface area contributed by atoms with E-state index in [1.54, 1.807) is 20.3 Å². The molecule has 0 spiro atoms. The van der Waals surface area contributed by atoms with Crippen LogP contribution in [0, 0.1) is 6.92 Å². The number of rotatable bonds is 7. The zero-order valence-corrected chi connectivity index (χ0v) is 16.0. The van der Waals surface area contributed by atoms with Gasteiger partial charge in [-0.1, -0.05) is 24.3 Å². The number of aryl methyl sites for hydroxylation is 1. The lowest BCUT2D eigenvalue weighted by molar-refractivity contribution is 0.0945. The molecule has 2 N–H and O–H groups in total. The van der Waals surface area contributed by atoms with Crippen molar-refractivity contribution in [3.8, 4) is 11.5 Å². The van der Waals surface area contributed by atoms with Crippen LogP contribution in [0.25, 0.3) is 0 Å². The quantitative estimate of drug-likeness (QED) is 0.655. The highest BCUT2D eigenvalue weighted by Gasteiger charge is 2.10. The molecule has 0 atom stereocenters. The molecule has 0 bridgehead atoms. The van der Waals surface area contributed by atoms with Crippen LogP contribution in [-0.4, -0.2) is 30.1 Å². The third kappa shape index (κ3) is 4.56. The van der Waals surface area contributed by atoms with Gasteiger partial charge in [0.2, 0.25) is 0 Å². The van der Waals surface area contributed by atoms with Crippen molar-refractivity contribution in [2.75, 3.05) is 19.5 Å². The number of nitrogens with one attached hydrogen (secondary N) is 2. The van der Waals surface area contributed by atoms with Crippen molar-refractivity contribution in [2.45, 2.75) is 13.5 Å². The van der Waals surface area contributed by atoms with Crippen LogP contribution in [-0.2, 0) is 6.54 Å². The van der Waals surface area contributed by atoms with Crippen molar-refractivity contribution in [2.24, 2.45) is 0 Å². The van der Waals surface area contributed by atoms with Gasteiger partial charge in [0.15, 0.2) is 0 Å². The van der Waals surface area contributed by atoms with Gasteiger partial charge in [0.1, 0.15) is 23.0 Å². The van der Waals surface area contributed by atoms with Crippen LogP contribution in [0.1, 0.15) is 21.6 Å². The van der Waals surface area contributed by atoms with Crippen LogP contribution in [0.15, 0.2) is 54.9 Å². The highest BCUT2D eigenvalue weighted by molar-refractivity contribution is 5.92. The normalized spacial score (nSPS) is 10.2. The second-order valence-corrected chi connectivity index (χ2v) is 6.09. The summed E-state index contributed by atoms with van der Waals surface area (Å²) in [6, 6.07) is 13.3. The average Bonchev–Trinajstić information content (AvgIpc) is 2.73. The van der Waals surface area contributed by atoms with Crippen LogP contribution in [0.4, 0.5) is 11.5 Å². The Labute approximate surface area is 163 Å². The third-order valence-electron chi connectivity index (χ3n) is 4.26. The fourth-order valence-corrected chi connectivity index (χ4v) is 2.62. The number of ether oxygens (including phenoxy) is 2. The summed E-state index contributed by atoms with van der Waals surface area (Å²) in [4.78, 5) is 20.8. The Morgan fingerprint density at radius 3 is 2.54 bits per heavy atom. The molecule has 0 aliphatic carbocycles. The Kier molecular flexibility index (Phi) is 6.06. The first kappa shape index (κ1) is 19.2. The standard InChI is InChI=1S/C21H22N4O3/c1-14-6-4-5-7-15(14)11-24-21(26)18-12-23-20(13-22-18)25-17-9-8-16(27-2)10-19(17)28-3/h4-10,12-13H,11H2,1-3H3,(H,23,25)(H,24,26). The van der Waals surface area contributed by atoms with E-state index in [9.17, 15) is 4.79 Å². The number of hydrogen-bond donors (Lipinski definition) is 2. The Balaban J connectivity index is 1.65. The van der Waals surface area contributed by atoms with Crippen molar-refractivity contribution in [1.82, 2.24) is 15.3 Å². The maximum absolute atomic E-state index is 12.3. The van der Waals surface area contributed by atoms with Gasteiger partial charge in [-0.2, -0.15) is 0 Å². The van der Waals surface area contributed by atoms with Crippen molar-refractivity contribution in [1.29, 1.82) is 0 Å². The summed E-state index contributed by atoms with van der Waals surface area (Å²) >= 11 is 0. The monoisotopic (exact) mass is 378 g/mol. The molecule has 0 saturated carbocycles. The van der Waals surface area contributed by atoms with E-state index in [1.165, 1.54) is 12.4 Å². The van der Waals surface area contributed by atoms with Crippen LogP contribution < -0.4 is 20.1 Å². The fraction of sp³-hybridized carbons (Fsp3) is 0.190. The molecule has 7 heteroatoms. The van der Waals surface area contributed by atoms with Gasteiger partial charge >= 0.3 is 0 Å². The van der Waals surface area contributed by atoms with Crippen molar-refractivity contribution >= 4 is 17.4 Å². The SMILES string of the molecule is COc1ccc(Nc2cnc(C(=O)NCc3ccccc3C)cn2)c(OC)c1. The van der Waals surface area contributed by atoms with Crippen LogP contribution in [0.3, 0.4) is 0 Å². The minimum Gasteiger partial charge on any atom is -0.497 e. The molecule has 0 aliphatic rings. The van der Waals surface area contributed by atoms with E-state index in [0.29, 0.717) is 29.5 Å². The molecular formula is C21H22N4O3. The summed E-state index contributed by atoms with van der Waals surface area (Å²) in [5, 5.41) is 5.98. The highest BCUT2D eigenvalue weighted by atomic mass is 16.5. The Morgan fingerprint density at radius 1 is 1.04 bits per heavy atom. The molecule has 0 radical (unpaired) electrons. The molecule has 3 rings (SSSR count). The molecule has 1 amide bonds. The molecule has 1 aromatic heterocycles. The Bertz CT molecular complexity index is 958. The molecule has 28 heavy (non-hydrogen) atoms. The van der Waals surface area contributed by atoms with Crippen molar-refractivity contribution in [3.63, 3.8) is 0 Å². The smallest absolute Gasteiger partial charge is 0.271 e. The number of nitrogens with zero attached hydrogens (tertiary/aromatic N) is 2. The van der Waals surface area contributed by atoms with Gasteiger partial charge in [-0.05, 0) is 30.2 Å². The van der Waals surface area contributed by atoms with E-state index < -0.39 is 0 Å². The molecule has 1 heterocycles. The van der Waals surface area contributed by atoms with E-state index in [2.05, 4.69) is 20.6 Å². The van der Waals surface area contributed by atoms with E-state index in [0.717, 1.165) is 11.1 Å². The minimum absolute atomic E-state index is 0.251. The maximum atomic E-state index is 12.3. The molecule has 0 aliphatic heterocycles. The molecule has 144 valence electrons. The molecular weight excluding hydrogens is 356 g/mol. The van der Waals surface area contributed by atoms with Gasteiger partial charge in [0.25, 0.3) is 5.91 Å². The lowest BCUT2D eigenvalue weighted by Crippen LogP contribution is -2.24. The van der Waals surface area contributed by atoms with Gasteiger partial charge in [-0.15, -0.1) is 0 Å². The summed E-state index contributed by atoms with van der Waals surface area (Å²) in [6.07, 6.45) is 2.94. The predicted octanol–water partition coefficient (Wildman–Crippen LogP) is 3.48. The minimum atomic E-state index is -0.274. The number of carbonyl (C=O) groups is 1. The van der Waals surface area contributed by atoms with E-state index in [1.807, 2.05) is 43.3 Å². The maximum Gasteiger partial charge on any atom is 0.271 e. The second-order valence-electron chi connectivity index (χ2n) is 6.09. The molecule has 0 saturated heterocycles. The number of amides is 1. The van der Waals surface area contributed by atoms with E-state index >= 15 is 0 Å². The van der Waals surface area contributed by atoms with Crippen molar-refractivity contribution < 1.29 is 14.3 Å². The van der Waals surface area contributed by atoms with Crippen molar-refractivity contribution in [3.05, 3.63) is 71.7 Å². The number of methoxy groups -OCH3 is 2. The zero-order valence-electron chi connectivity index (χ0n) is 16.0. The number of carbonyl (C=O) groups excluding carboxylic acids is 1. The first-order valence-corrected chi connectivity index (χ1v) is 8.74. The van der Waals surface area contributed by atoms with Crippen LogP contribution >= 0.6 is 0 Å². The van der Waals surface area contributed by atoms with Gasteiger partial charge in [0.05, 0.1) is 32.3 Å². The summed E-state index contributed by atoms with van der Waals surface area (Å²) in [5.41, 5.74) is 3.16. The van der Waals surface area contributed by atoms with Gasteiger partial charge in [0, 0.05) is 12.6 Å². The zero-order chi connectivity index (χ0) is 19.9. The summed E-state index contributed by atoms with van der Waals surface area (Å²) in [6.45, 7) is 2.45. The van der Waals surface area contributed by atoms with Crippen LogP contribution in [0.5, 0.6) is 11.5 Å². The first-order chi connectivity index (χ1) is 13.6. The second kappa shape index (κ2) is 8.85. The first-order valence-electron chi connectivity index (χ1n) is 8.74. The molecule has 7 nitrogen and oxygen atoms in total. The lowest BCUT2D eigenvalue weighted by atomic mass is 10.1. The number of anilines is 2. The molecule has 0 unspecified atom stereocenters. The lowest BCUT2D eigenvalue weighted by Gasteiger charge is -2.12. The average molecular weight is 378 g/mol. The topological polar surface area (TPSA) is 85.4 Å². The van der Waals surface area contributed by atoms with E-state index in [4.69, 9.17) is 9.47 Å². The number of aromatic nitrogens is 2. The molecule has 0 fully saturated rings. The largest absolute Gasteiger partial charge is 0.497 e. The molecule has 3 aromatic rings. The Morgan fingerprint density at radius 2 is 1.86 bits per heavy atom. The fourth-order valence-electron chi connectivity index (χ4n) is 2.62. The van der Waals surface area contributed by atoms with Gasteiger partial charge < -0.3 is 20.1 Å². The summed E-state index contributed by atoms with van der Waals surface area (Å²) in [7, 11) is 3.17. The summed E-state index contributed by atoms with van der Waals surface area (Å²) in [5.74, 6) is 1.53. The van der Waals surface area contributed by atoms with Crippen LogP contribution in [0.2, 0.25) is 0 Å².